The molecule has 2 saturated carbocycles. The Hall–Kier alpha value is -1.00. The molecule has 0 aromatic carbocycles. The first-order valence-electron chi connectivity index (χ1n) is 9.20. The molecule has 3 fully saturated rings. The second kappa shape index (κ2) is 4.59. The summed E-state index contributed by atoms with van der Waals surface area (Å²) in [5.41, 5.74) is -1.33. The lowest BCUT2D eigenvalue weighted by Crippen LogP contribution is -2.50. The highest BCUT2D eigenvalue weighted by atomic mass is 16.6. The van der Waals surface area contributed by atoms with Gasteiger partial charge in [-0.15, -0.1) is 0 Å². The van der Waals surface area contributed by atoms with Gasteiger partial charge in [-0.3, -0.25) is 9.59 Å². The molecular weight excluding hydrogens is 304 g/mol. The zero-order valence-corrected chi connectivity index (χ0v) is 15.3. The van der Waals surface area contributed by atoms with Crippen molar-refractivity contribution < 1.29 is 19.4 Å². The number of hydrogen-bond acceptors (Lipinski definition) is 4. The molecule has 24 heavy (non-hydrogen) atoms. The third-order valence-corrected chi connectivity index (χ3v) is 7.51. The molecule has 1 heterocycles. The van der Waals surface area contributed by atoms with E-state index in [9.17, 15) is 14.7 Å². The smallest absolute Gasteiger partial charge is 0.171 e. The molecular formula is C20H28O4. The number of ether oxygens (including phenoxy) is 1. The number of ketones is 2. The summed E-state index contributed by atoms with van der Waals surface area (Å²) in [4.78, 5) is 25.8. The Balaban J connectivity index is 1.73. The number of epoxide rings is 1. The number of carbonyl (C=O) groups excluding carboxylic acids is 2. The van der Waals surface area contributed by atoms with Crippen LogP contribution in [0.3, 0.4) is 0 Å². The predicted molar refractivity (Wildman–Crippen MR) is 89.3 cm³/mol. The van der Waals surface area contributed by atoms with Crippen LogP contribution in [0.5, 0.6) is 0 Å². The van der Waals surface area contributed by atoms with Gasteiger partial charge in [0.1, 0.15) is 6.10 Å². The van der Waals surface area contributed by atoms with Crippen LogP contribution in [0.2, 0.25) is 0 Å². The van der Waals surface area contributed by atoms with Crippen molar-refractivity contribution in [2.75, 3.05) is 0 Å². The summed E-state index contributed by atoms with van der Waals surface area (Å²) in [6.45, 7) is 10.2. The lowest BCUT2D eigenvalue weighted by Gasteiger charge is -2.29. The number of aliphatic hydroxyl groups is 1. The van der Waals surface area contributed by atoms with Crippen LogP contribution in [0, 0.1) is 29.1 Å². The lowest BCUT2D eigenvalue weighted by atomic mass is 9.75. The van der Waals surface area contributed by atoms with E-state index in [0.717, 1.165) is 19.3 Å². The Labute approximate surface area is 143 Å². The average Bonchev–Trinajstić information content (AvgIpc) is 3.25. The number of Topliss-reactive ketones (excluding diaryl/α,β-unsaturated/α-hetero) is 2. The van der Waals surface area contributed by atoms with Crippen molar-refractivity contribution in [3.8, 4) is 0 Å². The van der Waals surface area contributed by atoms with Crippen molar-refractivity contribution in [2.24, 2.45) is 29.1 Å². The van der Waals surface area contributed by atoms with Gasteiger partial charge in [-0.25, -0.2) is 0 Å². The van der Waals surface area contributed by atoms with Crippen molar-refractivity contribution in [3.63, 3.8) is 0 Å². The van der Waals surface area contributed by atoms with Gasteiger partial charge in [0.25, 0.3) is 0 Å². The molecule has 0 spiro atoms. The Morgan fingerprint density at radius 3 is 2.54 bits per heavy atom. The Morgan fingerprint density at radius 1 is 1.21 bits per heavy atom. The first-order valence-corrected chi connectivity index (χ1v) is 9.20. The first-order chi connectivity index (χ1) is 11.0. The molecule has 4 heteroatoms. The molecule has 7 unspecified atom stereocenters. The van der Waals surface area contributed by atoms with Gasteiger partial charge >= 0.3 is 0 Å². The minimum Gasteiger partial charge on any atom is -0.377 e. The van der Waals surface area contributed by atoms with Gasteiger partial charge in [-0.1, -0.05) is 20.8 Å². The second-order valence-electron chi connectivity index (χ2n) is 9.42. The molecule has 0 amide bonds. The molecule has 3 aliphatic carbocycles. The van der Waals surface area contributed by atoms with Crippen LogP contribution >= 0.6 is 0 Å². The van der Waals surface area contributed by atoms with E-state index in [4.69, 9.17) is 4.74 Å². The topological polar surface area (TPSA) is 66.9 Å². The predicted octanol–water partition coefficient (Wildman–Crippen LogP) is 2.68. The summed E-state index contributed by atoms with van der Waals surface area (Å²) < 4.78 is 5.93. The summed E-state index contributed by atoms with van der Waals surface area (Å²) in [5, 5.41) is 11.2. The zero-order chi connectivity index (χ0) is 17.7. The van der Waals surface area contributed by atoms with E-state index >= 15 is 0 Å². The SMILES string of the molecule is CC1=CC2(O)C(=O)C(C)CC3C(CCC4(C)OC4C2C1=O)C3(C)C. The first kappa shape index (κ1) is 16.5. The Kier molecular flexibility index (Phi) is 3.15. The fourth-order valence-corrected chi connectivity index (χ4v) is 5.63. The molecule has 4 rings (SSSR count). The fraction of sp³-hybridized carbons (Fsp3) is 0.800. The van der Waals surface area contributed by atoms with Crippen LogP contribution in [0.1, 0.15) is 53.9 Å². The van der Waals surface area contributed by atoms with Gasteiger partial charge < -0.3 is 9.84 Å². The van der Waals surface area contributed by atoms with Gasteiger partial charge in [-0.05, 0) is 62.0 Å². The third-order valence-electron chi connectivity index (χ3n) is 7.51. The maximum absolute atomic E-state index is 13.1. The van der Waals surface area contributed by atoms with Crippen LogP contribution < -0.4 is 0 Å². The molecule has 0 radical (unpaired) electrons. The van der Waals surface area contributed by atoms with E-state index in [1.54, 1.807) is 6.92 Å². The Morgan fingerprint density at radius 2 is 1.88 bits per heavy atom. The molecule has 0 aromatic heterocycles. The molecule has 7 atom stereocenters. The maximum Gasteiger partial charge on any atom is 0.171 e. The van der Waals surface area contributed by atoms with Crippen LogP contribution in [0.15, 0.2) is 11.6 Å². The molecule has 0 bridgehead atoms. The lowest BCUT2D eigenvalue weighted by molar-refractivity contribution is -0.145. The normalized spacial score (nSPS) is 52.6. The molecule has 4 nitrogen and oxygen atoms in total. The fourth-order valence-electron chi connectivity index (χ4n) is 5.63. The molecule has 1 saturated heterocycles. The quantitative estimate of drug-likeness (QED) is 0.693. The number of allylic oxidation sites excluding steroid dienone is 1. The van der Waals surface area contributed by atoms with Crippen molar-refractivity contribution in [2.45, 2.75) is 71.2 Å². The number of fused-ring (bicyclic) bond motifs is 4. The molecule has 4 aliphatic rings. The molecule has 132 valence electrons. The van der Waals surface area contributed by atoms with Gasteiger partial charge in [0.05, 0.1) is 11.5 Å². The minimum atomic E-state index is -1.69. The van der Waals surface area contributed by atoms with E-state index in [-0.39, 0.29) is 34.6 Å². The molecule has 1 aliphatic heterocycles. The summed E-state index contributed by atoms with van der Waals surface area (Å²) in [6.07, 6.45) is 3.91. The van der Waals surface area contributed by atoms with Crippen molar-refractivity contribution in [3.05, 3.63) is 11.6 Å². The average molecular weight is 332 g/mol. The van der Waals surface area contributed by atoms with Crippen LogP contribution in [0.25, 0.3) is 0 Å². The van der Waals surface area contributed by atoms with Crippen molar-refractivity contribution >= 4 is 11.6 Å². The van der Waals surface area contributed by atoms with Gasteiger partial charge in [0.2, 0.25) is 0 Å². The monoisotopic (exact) mass is 332 g/mol. The summed E-state index contributed by atoms with van der Waals surface area (Å²) in [5.74, 6) is -0.227. The van der Waals surface area contributed by atoms with Crippen LogP contribution in [-0.4, -0.2) is 34.0 Å². The van der Waals surface area contributed by atoms with Gasteiger partial charge in [0, 0.05) is 5.92 Å². The minimum absolute atomic E-state index is 0.128. The number of hydrogen-bond donors (Lipinski definition) is 1. The van der Waals surface area contributed by atoms with Crippen molar-refractivity contribution in [1.29, 1.82) is 0 Å². The summed E-state index contributed by atoms with van der Waals surface area (Å²) in [6, 6.07) is 0. The highest BCUT2D eigenvalue weighted by Gasteiger charge is 2.68. The third kappa shape index (κ3) is 1.99. The van der Waals surface area contributed by atoms with E-state index in [1.165, 1.54) is 6.08 Å². The number of carbonyl (C=O) groups is 2. The van der Waals surface area contributed by atoms with Crippen LogP contribution in [-0.2, 0) is 14.3 Å². The maximum atomic E-state index is 13.1. The van der Waals surface area contributed by atoms with Crippen LogP contribution in [0.4, 0.5) is 0 Å². The number of rotatable bonds is 0. The van der Waals surface area contributed by atoms with E-state index in [2.05, 4.69) is 13.8 Å². The van der Waals surface area contributed by atoms with E-state index in [0.29, 0.717) is 17.4 Å². The second-order valence-corrected chi connectivity index (χ2v) is 9.42. The highest BCUT2D eigenvalue weighted by Crippen LogP contribution is 2.65. The molecule has 1 N–H and O–H groups in total. The zero-order valence-electron chi connectivity index (χ0n) is 15.3. The Bertz CT molecular complexity index is 663. The van der Waals surface area contributed by atoms with E-state index < -0.39 is 11.5 Å². The summed E-state index contributed by atoms with van der Waals surface area (Å²) in [7, 11) is 0. The summed E-state index contributed by atoms with van der Waals surface area (Å²) >= 11 is 0. The largest absolute Gasteiger partial charge is 0.377 e. The van der Waals surface area contributed by atoms with E-state index in [1.807, 2.05) is 13.8 Å². The van der Waals surface area contributed by atoms with Gasteiger partial charge in [0.15, 0.2) is 17.2 Å². The van der Waals surface area contributed by atoms with Gasteiger partial charge in [-0.2, -0.15) is 0 Å². The standard InChI is InChI=1S/C20H28O4/c1-10-8-13-12(18(13,3)4)6-7-19(5)17(24-19)14-15(21)11(2)9-20(14,23)16(10)22/h9-10,12-14,17,23H,6-8H2,1-5H3. The van der Waals surface area contributed by atoms with Crippen molar-refractivity contribution in [1.82, 2.24) is 0 Å². The molecule has 0 aromatic rings. The highest BCUT2D eigenvalue weighted by molar-refractivity contribution is 6.09.